The molecule has 0 aromatic heterocycles. The first kappa shape index (κ1) is 14.4. The normalized spacial score (nSPS) is 28.1. The minimum Gasteiger partial charge on any atom is -0.381 e. The monoisotopic (exact) mass is 245 g/mol. The van der Waals surface area contributed by atoms with Crippen LogP contribution in [0, 0.1) is 16.7 Å². The second-order valence-electron chi connectivity index (χ2n) is 5.47. The molecule has 1 aliphatic rings. The average Bonchev–Trinajstić information content (AvgIpc) is 2.23. The summed E-state index contributed by atoms with van der Waals surface area (Å²) < 4.78 is 0. The lowest BCUT2D eigenvalue weighted by Gasteiger charge is -2.43. The molecule has 0 saturated heterocycles. The Morgan fingerprint density at radius 2 is 2.17 bits per heavy atom. The zero-order chi connectivity index (χ0) is 14.0. The molecule has 0 spiro atoms. The van der Waals surface area contributed by atoms with Crippen LogP contribution in [0.4, 0.5) is 0 Å². The SMILES string of the molecule is CC1=CC(=O)CC(C)(C)C1(O)/C=C/C(C)=C/C#N. The molecule has 1 N–H and O–H groups in total. The van der Waals surface area contributed by atoms with E-state index in [1.54, 1.807) is 26.0 Å². The molecule has 0 aromatic rings. The Bertz CT molecular complexity index is 489. The van der Waals surface area contributed by atoms with Crippen LogP contribution in [-0.2, 0) is 4.79 Å². The second-order valence-corrected chi connectivity index (χ2v) is 5.47. The van der Waals surface area contributed by atoms with Crippen LogP contribution >= 0.6 is 0 Å². The standard InChI is InChI=1S/C15H19NO2/c1-11(6-8-16)5-7-15(18)12(2)9-13(17)10-14(15,3)4/h5-7,9,18H,10H2,1-4H3/b7-5+,11-6+. The smallest absolute Gasteiger partial charge is 0.156 e. The Morgan fingerprint density at radius 3 is 2.67 bits per heavy atom. The Morgan fingerprint density at radius 1 is 1.56 bits per heavy atom. The molecule has 3 nitrogen and oxygen atoms in total. The number of nitrogens with zero attached hydrogens (tertiary/aromatic N) is 1. The van der Waals surface area contributed by atoms with Crippen LogP contribution < -0.4 is 0 Å². The maximum absolute atomic E-state index is 11.6. The van der Waals surface area contributed by atoms with Crippen LogP contribution in [0.15, 0.2) is 35.5 Å². The van der Waals surface area contributed by atoms with Crippen molar-refractivity contribution >= 4 is 5.78 Å². The summed E-state index contributed by atoms with van der Waals surface area (Å²) in [5.74, 6) is 0.0415. The predicted octanol–water partition coefficient (Wildman–Crippen LogP) is 2.69. The molecule has 0 aliphatic heterocycles. The maximum atomic E-state index is 11.6. The number of ketones is 1. The summed E-state index contributed by atoms with van der Waals surface area (Å²) in [6.07, 6.45) is 6.62. The molecule has 1 rings (SSSR count). The number of carbonyl (C=O) groups is 1. The molecule has 0 radical (unpaired) electrons. The van der Waals surface area contributed by atoms with Gasteiger partial charge < -0.3 is 5.11 Å². The van der Waals surface area contributed by atoms with Gasteiger partial charge in [0.25, 0.3) is 0 Å². The molecule has 18 heavy (non-hydrogen) atoms. The summed E-state index contributed by atoms with van der Waals surface area (Å²) in [6, 6.07) is 1.94. The van der Waals surface area contributed by atoms with Gasteiger partial charge >= 0.3 is 0 Å². The summed E-state index contributed by atoms with van der Waals surface area (Å²) in [7, 11) is 0. The van der Waals surface area contributed by atoms with Crippen molar-refractivity contribution in [1.82, 2.24) is 0 Å². The van der Waals surface area contributed by atoms with Crippen molar-refractivity contribution in [2.75, 3.05) is 0 Å². The van der Waals surface area contributed by atoms with Crippen LogP contribution in [-0.4, -0.2) is 16.5 Å². The van der Waals surface area contributed by atoms with Crippen molar-refractivity contribution in [2.24, 2.45) is 5.41 Å². The number of aliphatic hydroxyl groups is 1. The predicted molar refractivity (Wildman–Crippen MR) is 70.6 cm³/mol. The van der Waals surface area contributed by atoms with E-state index < -0.39 is 11.0 Å². The number of hydrogen-bond acceptors (Lipinski definition) is 3. The summed E-state index contributed by atoms with van der Waals surface area (Å²) in [6.45, 7) is 7.29. The minimum absolute atomic E-state index is 0.0415. The lowest BCUT2D eigenvalue weighted by atomic mass is 9.64. The minimum atomic E-state index is -1.15. The van der Waals surface area contributed by atoms with Crippen molar-refractivity contribution in [3.8, 4) is 6.07 Å². The highest BCUT2D eigenvalue weighted by Gasteiger charge is 2.46. The lowest BCUT2D eigenvalue weighted by molar-refractivity contribution is -0.121. The molecule has 0 heterocycles. The van der Waals surface area contributed by atoms with E-state index in [9.17, 15) is 9.90 Å². The fourth-order valence-electron chi connectivity index (χ4n) is 2.27. The molecule has 1 unspecified atom stereocenters. The van der Waals surface area contributed by atoms with E-state index in [1.165, 1.54) is 12.2 Å². The Kier molecular flexibility index (Phi) is 3.93. The number of nitriles is 1. The van der Waals surface area contributed by atoms with Crippen LogP contribution in [0.25, 0.3) is 0 Å². The van der Waals surface area contributed by atoms with E-state index in [0.29, 0.717) is 12.0 Å². The molecule has 0 bridgehead atoms. The third-order valence-electron chi connectivity index (χ3n) is 3.51. The third-order valence-corrected chi connectivity index (χ3v) is 3.51. The molecule has 3 heteroatoms. The van der Waals surface area contributed by atoms with E-state index in [0.717, 1.165) is 5.57 Å². The Hall–Kier alpha value is -1.66. The van der Waals surface area contributed by atoms with Gasteiger partial charge in [-0.2, -0.15) is 5.26 Å². The molecule has 1 aliphatic carbocycles. The molecule has 0 amide bonds. The Labute approximate surface area is 108 Å². The average molecular weight is 245 g/mol. The molecule has 96 valence electrons. The maximum Gasteiger partial charge on any atom is 0.156 e. The number of rotatable bonds is 2. The number of hydrogen-bond donors (Lipinski definition) is 1. The van der Waals surface area contributed by atoms with Crippen LogP contribution in [0.1, 0.15) is 34.1 Å². The molecule has 0 fully saturated rings. The summed E-state index contributed by atoms with van der Waals surface area (Å²) in [5.41, 5.74) is -0.283. The first-order valence-electron chi connectivity index (χ1n) is 5.92. The van der Waals surface area contributed by atoms with Gasteiger partial charge in [-0.05, 0) is 37.1 Å². The lowest BCUT2D eigenvalue weighted by Crippen LogP contribution is -2.48. The fourth-order valence-corrected chi connectivity index (χ4v) is 2.27. The van der Waals surface area contributed by atoms with Crippen LogP contribution in [0.5, 0.6) is 0 Å². The van der Waals surface area contributed by atoms with Gasteiger partial charge in [-0.3, -0.25) is 4.79 Å². The highest BCUT2D eigenvalue weighted by Crippen LogP contribution is 2.44. The first-order chi connectivity index (χ1) is 8.23. The van der Waals surface area contributed by atoms with E-state index in [2.05, 4.69) is 0 Å². The summed E-state index contributed by atoms with van der Waals surface area (Å²) in [4.78, 5) is 11.6. The summed E-state index contributed by atoms with van der Waals surface area (Å²) >= 11 is 0. The zero-order valence-corrected chi connectivity index (χ0v) is 11.3. The molecule has 0 saturated carbocycles. The van der Waals surface area contributed by atoms with E-state index in [4.69, 9.17) is 5.26 Å². The van der Waals surface area contributed by atoms with Crippen molar-refractivity contribution in [3.63, 3.8) is 0 Å². The number of allylic oxidation sites excluding steroid dienone is 4. The first-order valence-corrected chi connectivity index (χ1v) is 5.92. The van der Waals surface area contributed by atoms with E-state index in [-0.39, 0.29) is 5.78 Å². The number of carbonyl (C=O) groups excluding carboxylic acids is 1. The fraction of sp³-hybridized carbons (Fsp3) is 0.467. The van der Waals surface area contributed by atoms with Gasteiger partial charge in [0.05, 0.1) is 6.07 Å². The molecular formula is C15H19NO2. The van der Waals surface area contributed by atoms with Crippen molar-refractivity contribution < 1.29 is 9.90 Å². The van der Waals surface area contributed by atoms with Gasteiger partial charge in [-0.25, -0.2) is 0 Å². The van der Waals surface area contributed by atoms with Gasteiger partial charge in [0.1, 0.15) is 5.60 Å². The highest BCUT2D eigenvalue weighted by atomic mass is 16.3. The van der Waals surface area contributed by atoms with Gasteiger partial charge in [-0.15, -0.1) is 0 Å². The molecule has 1 atom stereocenters. The van der Waals surface area contributed by atoms with Crippen molar-refractivity contribution in [3.05, 3.63) is 35.5 Å². The van der Waals surface area contributed by atoms with Crippen LogP contribution in [0.2, 0.25) is 0 Å². The molecular weight excluding hydrogens is 226 g/mol. The summed E-state index contributed by atoms with van der Waals surface area (Å²) in [5, 5.41) is 19.3. The van der Waals surface area contributed by atoms with E-state index >= 15 is 0 Å². The highest BCUT2D eigenvalue weighted by molar-refractivity contribution is 5.92. The largest absolute Gasteiger partial charge is 0.381 e. The quantitative estimate of drug-likeness (QED) is 0.601. The second kappa shape index (κ2) is 4.91. The van der Waals surface area contributed by atoms with Crippen LogP contribution in [0.3, 0.4) is 0 Å². The zero-order valence-electron chi connectivity index (χ0n) is 11.3. The van der Waals surface area contributed by atoms with E-state index in [1.807, 2.05) is 19.9 Å². The third kappa shape index (κ3) is 2.60. The van der Waals surface area contributed by atoms with Crippen molar-refractivity contribution in [1.29, 1.82) is 5.26 Å². The Balaban J connectivity index is 3.18. The topological polar surface area (TPSA) is 61.1 Å². The van der Waals surface area contributed by atoms with Gasteiger partial charge in [0.2, 0.25) is 0 Å². The van der Waals surface area contributed by atoms with Gasteiger partial charge in [0.15, 0.2) is 5.78 Å². The van der Waals surface area contributed by atoms with Gasteiger partial charge in [-0.1, -0.05) is 19.9 Å². The van der Waals surface area contributed by atoms with Crippen molar-refractivity contribution in [2.45, 2.75) is 39.7 Å². The van der Waals surface area contributed by atoms with Gasteiger partial charge in [0, 0.05) is 17.9 Å². The molecule has 0 aromatic carbocycles.